The summed E-state index contributed by atoms with van der Waals surface area (Å²) in [4.78, 5) is 26.8. The first-order valence-corrected chi connectivity index (χ1v) is 9.39. The van der Waals surface area contributed by atoms with Gasteiger partial charge in [0.05, 0.1) is 10.9 Å². The van der Waals surface area contributed by atoms with E-state index in [0.29, 0.717) is 13.1 Å². The normalized spacial score (nSPS) is 17.2. The SMILES string of the molecule is Cc1cccc(C)c1NC(=O)C1CCCN(C(=O)Nc2cccs2)C1. The van der Waals surface area contributed by atoms with Crippen LogP contribution < -0.4 is 10.6 Å². The van der Waals surface area contributed by atoms with Crippen molar-refractivity contribution in [3.8, 4) is 0 Å². The maximum absolute atomic E-state index is 12.7. The van der Waals surface area contributed by atoms with Crippen LogP contribution in [0, 0.1) is 19.8 Å². The van der Waals surface area contributed by atoms with Crippen molar-refractivity contribution >= 4 is 34.0 Å². The van der Waals surface area contributed by atoms with Crippen LogP contribution in [0.5, 0.6) is 0 Å². The molecule has 25 heavy (non-hydrogen) atoms. The van der Waals surface area contributed by atoms with Gasteiger partial charge in [0.25, 0.3) is 0 Å². The molecule has 2 aromatic rings. The van der Waals surface area contributed by atoms with Crippen molar-refractivity contribution < 1.29 is 9.59 Å². The molecule has 5 nitrogen and oxygen atoms in total. The molecule has 1 aromatic heterocycles. The number of benzene rings is 1. The third kappa shape index (κ3) is 4.20. The predicted molar refractivity (Wildman–Crippen MR) is 102 cm³/mol. The Morgan fingerprint density at radius 1 is 1.12 bits per heavy atom. The van der Waals surface area contributed by atoms with E-state index in [1.165, 1.54) is 11.3 Å². The first-order valence-electron chi connectivity index (χ1n) is 8.51. The highest BCUT2D eigenvalue weighted by Gasteiger charge is 2.29. The number of carbonyl (C=O) groups is 2. The number of hydrogen-bond donors (Lipinski definition) is 2. The number of para-hydroxylation sites is 1. The zero-order valence-electron chi connectivity index (χ0n) is 14.5. The summed E-state index contributed by atoms with van der Waals surface area (Å²) in [7, 11) is 0. The van der Waals surface area contributed by atoms with E-state index in [2.05, 4.69) is 10.6 Å². The Morgan fingerprint density at radius 3 is 2.56 bits per heavy atom. The number of thiophene rings is 1. The van der Waals surface area contributed by atoms with E-state index in [-0.39, 0.29) is 17.9 Å². The minimum atomic E-state index is -0.179. The molecule has 1 aliphatic heterocycles. The molecule has 3 rings (SSSR count). The Labute approximate surface area is 152 Å². The van der Waals surface area contributed by atoms with Crippen LogP contribution in [0.25, 0.3) is 0 Å². The Balaban J connectivity index is 1.62. The number of aryl methyl sites for hydroxylation is 2. The number of urea groups is 1. The predicted octanol–water partition coefficient (Wildman–Crippen LogP) is 4.25. The molecule has 0 radical (unpaired) electrons. The average Bonchev–Trinajstić information content (AvgIpc) is 3.11. The third-order valence-corrected chi connectivity index (χ3v) is 5.35. The lowest BCUT2D eigenvalue weighted by Crippen LogP contribution is -2.45. The summed E-state index contributed by atoms with van der Waals surface area (Å²) in [5, 5.41) is 8.70. The Kier molecular flexibility index (Phi) is 5.38. The van der Waals surface area contributed by atoms with Crippen molar-refractivity contribution in [3.63, 3.8) is 0 Å². The molecule has 6 heteroatoms. The van der Waals surface area contributed by atoms with Gasteiger partial charge in [-0.2, -0.15) is 0 Å². The van der Waals surface area contributed by atoms with Gasteiger partial charge < -0.3 is 10.2 Å². The summed E-state index contributed by atoms with van der Waals surface area (Å²) in [5.41, 5.74) is 2.99. The molecule has 1 fully saturated rings. The summed E-state index contributed by atoms with van der Waals surface area (Å²) in [6.45, 7) is 5.12. The molecule has 0 saturated carbocycles. The number of rotatable bonds is 3. The molecule has 1 aromatic carbocycles. The Morgan fingerprint density at radius 2 is 1.88 bits per heavy atom. The number of anilines is 2. The van der Waals surface area contributed by atoms with Gasteiger partial charge in [-0.1, -0.05) is 18.2 Å². The second kappa shape index (κ2) is 7.70. The fourth-order valence-electron chi connectivity index (χ4n) is 3.15. The third-order valence-electron chi connectivity index (χ3n) is 4.56. The standard InChI is InChI=1S/C19H23N3O2S/c1-13-6-3-7-14(2)17(13)21-18(23)15-8-4-10-22(12-15)19(24)20-16-9-5-11-25-16/h3,5-7,9,11,15H,4,8,10,12H2,1-2H3,(H,20,24)(H,21,23). The topological polar surface area (TPSA) is 61.4 Å². The first kappa shape index (κ1) is 17.5. The van der Waals surface area contributed by atoms with Gasteiger partial charge in [-0.15, -0.1) is 11.3 Å². The zero-order chi connectivity index (χ0) is 17.8. The van der Waals surface area contributed by atoms with Crippen molar-refractivity contribution in [2.24, 2.45) is 5.92 Å². The van der Waals surface area contributed by atoms with Gasteiger partial charge in [-0.3, -0.25) is 10.1 Å². The highest BCUT2D eigenvalue weighted by molar-refractivity contribution is 7.14. The first-order chi connectivity index (χ1) is 12.0. The number of hydrogen-bond acceptors (Lipinski definition) is 3. The maximum Gasteiger partial charge on any atom is 0.322 e. The lowest BCUT2D eigenvalue weighted by Gasteiger charge is -2.32. The van der Waals surface area contributed by atoms with Gasteiger partial charge in [0.1, 0.15) is 0 Å². The van der Waals surface area contributed by atoms with Crippen LogP contribution in [0.1, 0.15) is 24.0 Å². The largest absolute Gasteiger partial charge is 0.325 e. The minimum absolute atomic E-state index is 0.00831. The molecule has 1 saturated heterocycles. The summed E-state index contributed by atoms with van der Waals surface area (Å²) in [5.74, 6) is -0.187. The van der Waals surface area contributed by atoms with Crippen LogP contribution >= 0.6 is 11.3 Å². The van der Waals surface area contributed by atoms with E-state index in [1.54, 1.807) is 4.90 Å². The second-order valence-corrected chi connectivity index (χ2v) is 7.40. The number of nitrogens with zero attached hydrogens (tertiary/aromatic N) is 1. The van der Waals surface area contributed by atoms with E-state index in [0.717, 1.165) is 34.7 Å². The van der Waals surface area contributed by atoms with Crippen molar-refractivity contribution in [3.05, 3.63) is 46.8 Å². The summed E-state index contributed by atoms with van der Waals surface area (Å²) >= 11 is 1.49. The summed E-state index contributed by atoms with van der Waals surface area (Å²) in [6.07, 6.45) is 1.64. The van der Waals surface area contributed by atoms with Gasteiger partial charge in [-0.25, -0.2) is 4.79 Å². The van der Waals surface area contributed by atoms with E-state index in [4.69, 9.17) is 0 Å². The van der Waals surface area contributed by atoms with Crippen LogP contribution in [0.15, 0.2) is 35.7 Å². The van der Waals surface area contributed by atoms with E-state index >= 15 is 0 Å². The maximum atomic E-state index is 12.7. The van der Waals surface area contributed by atoms with E-state index in [9.17, 15) is 9.59 Å². The van der Waals surface area contributed by atoms with Crippen molar-refractivity contribution in [2.75, 3.05) is 23.7 Å². The minimum Gasteiger partial charge on any atom is -0.325 e. The number of nitrogens with one attached hydrogen (secondary N) is 2. The van der Waals surface area contributed by atoms with Gasteiger partial charge in [0, 0.05) is 18.8 Å². The lowest BCUT2D eigenvalue weighted by atomic mass is 9.97. The number of piperidine rings is 1. The number of likely N-dealkylation sites (tertiary alicyclic amines) is 1. The molecule has 0 spiro atoms. The highest BCUT2D eigenvalue weighted by Crippen LogP contribution is 2.24. The summed E-state index contributed by atoms with van der Waals surface area (Å²) < 4.78 is 0. The monoisotopic (exact) mass is 357 g/mol. The average molecular weight is 357 g/mol. The Bertz CT molecular complexity index is 738. The molecular weight excluding hydrogens is 334 g/mol. The summed E-state index contributed by atoms with van der Waals surface area (Å²) in [6, 6.07) is 9.60. The molecule has 2 N–H and O–H groups in total. The molecule has 1 unspecified atom stereocenters. The van der Waals surface area contributed by atoms with Crippen LogP contribution in [0.2, 0.25) is 0 Å². The van der Waals surface area contributed by atoms with Crippen LogP contribution in [-0.2, 0) is 4.79 Å². The molecule has 2 heterocycles. The molecular formula is C19H23N3O2S. The number of carbonyl (C=O) groups excluding carboxylic acids is 2. The van der Waals surface area contributed by atoms with Crippen molar-refractivity contribution in [1.29, 1.82) is 0 Å². The second-order valence-electron chi connectivity index (χ2n) is 6.45. The van der Waals surface area contributed by atoms with Gasteiger partial charge >= 0.3 is 6.03 Å². The highest BCUT2D eigenvalue weighted by atomic mass is 32.1. The fourth-order valence-corrected chi connectivity index (χ4v) is 3.75. The molecule has 0 aliphatic carbocycles. The molecule has 0 bridgehead atoms. The molecule has 1 aliphatic rings. The Hall–Kier alpha value is -2.34. The molecule has 132 valence electrons. The van der Waals surface area contributed by atoms with Crippen molar-refractivity contribution in [1.82, 2.24) is 4.90 Å². The van der Waals surface area contributed by atoms with E-state index < -0.39 is 0 Å². The quantitative estimate of drug-likeness (QED) is 0.863. The zero-order valence-corrected chi connectivity index (χ0v) is 15.4. The van der Waals surface area contributed by atoms with Gasteiger partial charge in [-0.05, 0) is 55.3 Å². The fraction of sp³-hybridized carbons (Fsp3) is 0.368. The van der Waals surface area contributed by atoms with Gasteiger partial charge in [0.15, 0.2) is 0 Å². The lowest BCUT2D eigenvalue weighted by molar-refractivity contribution is -0.121. The molecule has 3 amide bonds. The van der Waals surface area contributed by atoms with Gasteiger partial charge in [0.2, 0.25) is 5.91 Å². The van der Waals surface area contributed by atoms with Crippen LogP contribution in [-0.4, -0.2) is 29.9 Å². The van der Waals surface area contributed by atoms with Crippen molar-refractivity contribution in [2.45, 2.75) is 26.7 Å². The van der Waals surface area contributed by atoms with Crippen LogP contribution in [0.4, 0.5) is 15.5 Å². The van der Waals surface area contributed by atoms with Crippen LogP contribution in [0.3, 0.4) is 0 Å². The number of amides is 3. The molecule has 1 atom stereocenters. The van der Waals surface area contributed by atoms with E-state index in [1.807, 2.05) is 49.6 Å². The smallest absolute Gasteiger partial charge is 0.322 e.